The molecule has 0 bridgehead atoms. The molecule has 2 fully saturated rings. The molecule has 2 atom stereocenters. The van der Waals surface area contributed by atoms with Crippen LogP contribution in [0.15, 0.2) is 0 Å². The van der Waals surface area contributed by atoms with Crippen molar-refractivity contribution in [2.24, 2.45) is 11.7 Å². The minimum absolute atomic E-state index is 0. The molecule has 2 heterocycles. The van der Waals surface area contributed by atoms with E-state index >= 15 is 0 Å². The fourth-order valence-corrected chi connectivity index (χ4v) is 4.33. The molecule has 2 rings (SSSR count). The molecule has 0 spiro atoms. The number of rotatable bonds is 2. The molecule has 5 nitrogen and oxygen atoms in total. The van der Waals surface area contributed by atoms with Crippen LogP contribution in [0, 0.1) is 5.92 Å². The Labute approximate surface area is 110 Å². The van der Waals surface area contributed by atoms with Gasteiger partial charge in [0.15, 0.2) is 0 Å². The van der Waals surface area contributed by atoms with Crippen LogP contribution in [-0.4, -0.2) is 49.2 Å². The molecule has 2 aliphatic rings. The second-order valence-corrected chi connectivity index (χ2v) is 6.95. The van der Waals surface area contributed by atoms with Gasteiger partial charge in [0.1, 0.15) is 0 Å². The van der Waals surface area contributed by atoms with Crippen molar-refractivity contribution in [2.45, 2.75) is 32.2 Å². The zero-order valence-electron chi connectivity index (χ0n) is 10.2. The van der Waals surface area contributed by atoms with Crippen molar-refractivity contribution >= 4 is 22.6 Å². The van der Waals surface area contributed by atoms with Gasteiger partial charge in [0.2, 0.25) is 0 Å². The van der Waals surface area contributed by atoms with E-state index < -0.39 is 10.2 Å². The lowest BCUT2D eigenvalue weighted by molar-refractivity contribution is 0.263. The van der Waals surface area contributed by atoms with Gasteiger partial charge >= 0.3 is 0 Å². The van der Waals surface area contributed by atoms with Crippen molar-refractivity contribution < 1.29 is 8.42 Å². The minimum atomic E-state index is -3.24. The molecule has 0 saturated carbocycles. The quantitative estimate of drug-likeness (QED) is 0.799. The van der Waals surface area contributed by atoms with Gasteiger partial charge in [-0.25, -0.2) is 0 Å². The number of hydrogen-bond acceptors (Lipinski definition) is 3. The Morgan fingerprint density at radius 3 is 2.29 bits per heavy atom. The molecule has 0 amide bonds. The van der Waals surface area contributed by atoms with Gasteiger partial charge in [0.05, 0.1) is 0 Å². The van der Waals surface area contributed by atoms with E-state index in [1.165, 1.54) is 4.31 Å². The standard InChI is InChI=1S/C10H21N3O2S.ClH/c1-9-3-2-5-12(7-9)16(14,15)13-6-4-10(11)8-13;/h9-10H,2-8,11H2,1H3;1H/t9?,10-;/m0./s1. The Kier molecular flexibility index (Phi) is 5.21. The van der Waals surface area contributed by atoms with Crippen molar-refractivity contribution in [2.75, 3.05) is 26.2 Å². The number of halogens is 1. The van der Waals surface area contributed by atoms with E-state index in [4.69, 9.17) is 5.73 Å². The Morgan fingerprint density at radius 1 is 1.12 bits per heavy atom. The van der Waals surface area contributed by atoms with E-state index in [0.29, 0.717) is 32.1 Å². The molecule has 0 radical (unpaired) electrons. The van der Waals surface area contributed by atoms with E-state index in [0.717, 1.165) is 19.3 Å². The average Bonchev–Trinajstić information content (AvgIpc) is 2.65. The highest BCUT2D eigenvalue weighted by Crippen LogP contribution is 2.22. The first-order valence-electron chi connectivity index (χ1n) is 6.01. The van der Waals surface area contributed by atoms with E-state index in [1.54, 1.807) is 4.31 Å². The Balaban J connectivity index is 0.00000144. The second kappa shape index (κ2) is 5.84. The van der Waals surface area contributed by atoms with Crippen LogP contribution in [0.1, 0.15) is 26.2 Å². The van der Waals surface area contributed by atoms with Gasteiger partial charge in [-0.05, 0) is 25.2 Å². The monoisotopic (exact) mass is 283 g/mol. The fourth-order valence-electron chi connectivity index (χ4n) is 2.48. The zero-order chi connectivity index (χ0) is 11.8. The highest BCUT2D eigenvalue weighted by molar-refractivity contribution is 7.86. The largest absolute Gasteiger partial charge is 0.326 e. The molecule has 0 aliphatic carbocycles. The molecule has 0 aromatic heterocycles. The van der Waals surface area contributed by atoms with Crippen molar-refractivity contribution in [3.05, 3.63) is 0 Å². The number of piperidine rings is 1. The zero-order valence-corrected chi connectivity index (χ0v) is 11.8. The summed E-state index contributed by atoms with van der Waals surface area (Å²) in [6.07, 6.45) is 2.88. The van der Waals surface area contributed by atoms with Gasteiger partial charge in [-0.15, -0.1) is 12.4 Å². The van der Waals surface area contributed by atoms with Crippen LogP contribution >= 0.6 is 12.4 Å². The van der Waals surface area contributed by atoms with Gasteiger partial charge in [0.25, 0.3) is 10.2 Å². The van der Waals surface area contributed by atoms with Crippen molar-refractivity contribution in [1.82, 2.24) is 8.61 Å². The summed E-state index contributed by atoms with van der Waals surface area (Å²) in [7, 11) is -3.24. The van der Waals surface area contributed by atoms with Crippen LogP contribution in [0.25, 0.3) is 0 Å². The van der Waals surface area contributed by atoms with Gasteiger partial charge in [-0.2, -0.15) is 17.0 Å². The molecule has 2 aliphatic heterocycles. The van der Waals surface area contributed by atoms with Crippen LogP contribution < -0.4 is 5.73 Å². The van der Waals surface area contributed by atoms with Crippen LogP contribution in [0.2, 0.25) is 0 Å². The third-order valence-corrected chi connectivity index (χ3v) is 5.43. The van der Waals surface area contributed by atoms with Crippen LogP contribution in [-0.2, 0) is 10.2 Å². The summed E-state index contributed by atoms with van der Waals surface area (Å²) < 4.78 is 27.7. The Bertz CT molecular complexity index is 349. The third kappa shape index (κ3) is 3.32. The lowest BCUT2D eigenvalue weighted by atomic mass is 10.0. The normalized spacial score (nSPS) is 32.4. The van der Waals surface area contributed by atoms with Gasteiger partial charge < -0.3 is 5.73 Å². The highest BCUT2D eigenvalue weighted by atomic mass is 35.5. The molecule has 102 valence electrons. The van der Waals surface area contributed by atoms with Crippen molar-refractivity contribution in [3.63, 3.8) is 0 Å². The fraction of sp³-hybridized carbons (Fsp3) is 1.00. The summed E-state index contributed by atoms with van der Waals surface area (Å²) >= 11 is 0. The van der Waals surface area contributed by atoms with E-state index in [1.807, 2.05) is 0 Å². The average molecular weight is 284 g/mol. The minimum Gasteiger partial charge on any atom is -0.326 e. The van der Waals surface area contributed by atoms with Gasteiger partial charge in [0, 0.05) is 32.2 Å². The molecular formula is C10H22ClN3O2S. The van der Waals surface area contributed by atoms with Crippen LogP contribution in [0.5, 0.6) is 0 Å². The molecule has 2 N–H and O–H groups in total. The number of hydrogen-bond donors (Lipinski definition) is 1. The predicted molar refractivity (Wildman–Crippen MR) is 70.3 cm³/mol. The number of nitrogens with zero attached hydrogens (tertiary/aromatic N) is 2. The Morgan fingerprint density at radius 2 is 1.76 bits per heavy atom. The maximum atomic E-state index is 12.3. The molecule has 1 unspecified atom stereocenters. The third-order valence-electron chi connectivity index (χ3n) is 3.46. The molecule has 2 saturated heterocycles. The van der Waals surface area contributed by atoms with Crippen molar-refractivity contribution in [3.8, 4) is 0 Å². The molecule has 0 aromatic carbocycles. The Hall–Kier alpha value is 0.120. The highest BCUT2D eigenvalue weighted by Gasteiger charge is 2.35. The van der Waals surface area contributed by atoms with Gasteiger partial charge in [-0.3, -0.25) is 0 Å². The van der Waals surface area contributed by atoms with Crippen LogP contribution in [0.4, 0.5) is 0 Å². The maximum Gasteiger partial charge on any atom is 0.282 e. The first-order valence-corrected chi connectivity index (χ1v) is 7.40. The lowest BCUT2D eigenvalue weighted by Gasteiger charge is -2.32. The summed E-state index contributed by atoms with van der Waals surface area (Å²) in [6.45, 7) is 4.49. The summed E-state index contributed by atoms with van der Waals surface area (Å²) in [4.78, 5) is 0. The molecule has 17 heavy (non-hydrogen) atoms. The number of nitrogens with two attached hydrogens (primary N) is 1. The summed E-state index contributed by atoms with van der Waals surface area (Å²) in [5.41, 5.74) is 5.75. The maximum absolute atomic E-state index is 12.3. The summed E-state index contributed by atoms with van der Waals surface area (Å²) in [5.74, 6) is 0.472. The first-order chi connectivity index (χ1) is 7.50. The molecule has 7 heteroatoms. The SMILES string of the molecule is CC1CCCN(S(=O)(=O)N2CC[C@H](N)C2)C1.Cl. The van der Waals surface area contributed by atoms with Crippen LogP contribution in [0.3, 0.4) is 0 Å². The summed E-state index contributed by atoms with van der Waals surface area (Å²) in [6, 6.07) is 0.0111. The summed E-state index contributed by atoms with van der Waals surface area (Å²) in [5, 5.41) is 0. The van der Waals surface area contributed by atoms with Crippen molar-refractivity contribution in [1.29, 1.82) is 0 Å². The second-order valence-electron chi connectivity index (χ2n) is 5.02. The lowest BCUT2D eigenvalue weighted by Crippen LogP contribution is -2.47. The smallest absolute Gasteiger partial charge is 0.282 e. The molecule has 0 aromatic rings. The van der Waals surface area contributed by atoms with E-state index in [2.05, 4.69) is 6.92 Å². The van der Waals surface area contributed by atoms with E-state index in [9.17, 15) is 8.42 Å². The topological polar surface area (TPSA) is 66.6 Å². The molecular weight excluding hydrogens is 262 g/mol. The predicted octanol–water partition coefficient (Wildman–Crippen LogP) is 0.418. The van der Waals surface area contributed by atoms with E-state index in [-0.39, 0.29) is 18.4 Å². The van der Waals surface area contributed by atoms with Gasteiger partial charge in [-0.1, -0.05) is 6.92 Å². The first kappa shape index (κ1) is 15.2.